The number of nitrogens with zero attached hydrogens (tertiary/aromatic N) is 2. The van der Waals surface area contributed by atoms with E-state index < -0.39 is 23.3 Å². The normalized spacial score (nSPS) is 12.0. The van der Waals surface area contributed by atoms with Gasteiger partial charge in [-0.05, 0) is 26.2 Å². The SMILES string of the molecule is CNCCN(C)Cc1c[nH]nc1-c1cc(F)c(OCCOC)c(C(F)(F)F)c1. The smallest absolute Gasteiger partial charge is 0.420 e. The zero-order chi connectivity index (χ0) is 20.7. The van der Waals surface area contributed by atoms with Gasteiger partial charge in [0.1, 0.15) is 12.2 Å². The van der Waals surface area contributed by atoms with E-state index in [4.69, 9.17) is 9.47 Å². The van der Waals surface area contributed by atoms with Crippen LogP contribution < -0.4 is 10.1 Å². The molecule has 2 rings (SSSR count). The van der Waals surface area contributed by atoms with Crippen LogP contribution in [-0.2, 0) is 17.5 Å². The van der Waals surface area contributed by atoms with Gasteiger partial charge in [-0.25, -0.2) is 4.39 Å². The van der Waals surface area contributed by atoms with Gasteiger partial charge in [0.2, 0.25) is 0 Å². The van der Waals surface area contributed by atoms with Crippen LogP contribution in [-0.4, -0.2) is 62.6 Å². The summed E-state index contributed by atoms with van der Waals surface area (Å²) in [6.45, 7) is 1.78. The van der Waals surface area contributed by atoms with Crippen LogP contribution in [0.15, 0.2) is 18.3 Å². The van der Waals surface area contributed by atoms with Gasteiger partial charge in [-0.15, -0.1) is 0 Å². The number of hydrogen-bond acceptors (Lipinski definition) is 5. The van der Waals surface area contributed by atoms with Crippen LogP contribution in [0.5, 0.6) is 5.75 Å². The Morgan fingerprint density at radius 3 is 2.64 bits per heavy atom. The van der Waals surface area contributed by atoms with Crippen molar-refractivity contribution in [1.29, 1.82) is 0 Å². The lowest BCUT2D eigenvalue weighted by atomic mass is 10.0. The number of nitrogens with one attached hydrogen (secondary N) is 2. The van der Waals surface area contributed by atoms with Gasteiger partial charge in [0, 0.05) is 44.1 Å². The van der Waals surface area contributed by atoms with E-state index in [1.165, 1.54) is 7.11 Å². The van der Waals surface area contributed by atoms with Crippen LogP contribution in [0.1, 0.15) is 11.1 Å². The first-order valence-corrected chi connectivity index (χ1v) is 8.66. The summed E-state index contributed by atoms with van der Waals surface area (Å²) >= 11 is 0. The highest BCUT2D eigenvalue weighted by molar-refractivity contribution is 5.65. The van der Waals surface area contributed by atoms with E-state index in [1.54, 1.807) is 6.20 Å². The fourth-order valence-corrected chi connectivity index (χ4v) is 2.67. The molecule has 2 aromatic rings. The third-order valence-corrected chi connectivity index (χ3v) is 4.06. The summed E-state index contributed by atoms with van der Waals surface area (Å²) < 4.78 is 64.7. The second-order valence-electron chi connectivity index (χ2n) is 6.27. The molecule has 0 spiro atoms. The molecule has 2 N–H and O–H groups in total. The largest absolute Gasteiger partial charge is 0.487 e. The minimum Gasteiger partial charge on any atom is -0.487 e. The first kappa shape index (κ1) is 22.1. The number of halogens is 4. The van der Waals surface area contributed by atoms with Crippen molar-refractivity contribution in [3.8, 4) is 17.0 Å². The molecule has 1 aromatic carbocycles. The topological polar surface area (TPSA) is 62.4 Å². The molecular formula is C18H24F4N4O2. The second kappa shape index (κ2) is 9.85. The molecule has 0 amide bonds. The zero-order valence-electron chi connectivity index (χ0n) is 16.0. The van der Waals surface area contributed by atoms with Gasteiger partial charge < -0.3 is 19.7 Å². The third kappa shape index (κ3) is 5.66. The Kier molecular flexibility index (Phi) is 7.78. The van der Waals surface area contributed by atoms with Gasteiger partial charge in [-0.3, -0.25) is 5.10 Å². The molecule has 0 saturated carbocycles. The highest BCUT2D eigenvalue weighted by atomic mass is 19.4. The number of aromatic amines is 1. The Balaban J connectivity index is 2.37. The molecule has 0 saturated heterocycles. The molecule has 10 heteroatoms. The molecule has 0 aliphatic heterocycles. The third-order valence-electron chi connectivity index (χ3n) is 4.06. The lowest BCUT2D eigenvalue weighted by Crippen LogP contribution is -2.27. The van der Waals surface area contributed by atoms with Gasteiger partial charge in [-0.1, -0.05) is 0 Å². The van der Waals surface area contributed by atoms with Crippen LogP contribution in [0.2, 0.25) is 0 Å². The van der Waals surface area contributed by atoms with Crippen molar-refractivity contribution in [2.45, 2.75) is 12.7 Å². The first-order chi connectivity index (χ1) is 13.3. The predicted octanol–water partition coefficient (Wildman–Crippen LogP) is 2.91. The van der Waals surface area contributed by atoms with E-state index in [0.717, 1.165) is 25.2 Å². The second-order valence-corrected chi connectivity index (χ2v) is 6.27. The van der Waals surface area contributed by atoms with Crippen LogP contribution in [0.4, 0.5) is 17.6 Å². The summed E-state index contributed by atoms with van der Waals surface area (Å²) in [5.74, 6) is -1.94. The molecule has 0 aliphatic carbocycles. The van der Waals surface area contributed by atoms with Crippen molar-refractivity contribution in [2.75, 3.05) is 47.5 Å². The highest BCUT2D eigenvalue weighted by Gasteiger charge is 2.37. The van der Waals surface area contributed by atoms with E-state index in [9.17, 15) is 17.6 Å². The van der Waals surface area contributed by atoms with Crippen LogP contribution >= 0.6 is 0 Å². The molecule has 0 radical (unpaired) electrons. The Morgan fingerprint density at radius 2 is 2.00 bits per heavy atom. The standard InChI is InChI=1S/C18H24F4N4O2/c1-23-4-5-26(2)11-13-10-24-25-16(13)12-8-14(18(20,21)22)17(15(19)9-12)28-7-6-27-3/h8-10,23H,4-7,11H2,1-3H3,(H,24,25). The van der Waals surface area contributed by atoms with Gasteiger partial charge in [0.15, 0.2) is 11.6 Å². The number of alkyl halides is 3. The molecule has 0 unspecified atom stereocenters. The fraction of sp³-hybridized carbons (Fsp3) is 0.500. The van der Waals surface area contributed by atoms with Crippen LogP contribution in [0, 0.1) is 5.82 Å². The molecule has 6 nitrogen and oxygen atoms in total. The number of aromatic nitrogens is 2. The predicted molar refractivity (Wildman–Crippen MR) is 96.6 cm³/mol. The van der Waals surface area contributed by atoms with E-state index in [0.29, 0.717) is 12.1 Å². The van der Waals surface area contributed by atoms with Gasteiger partial charge >= 0.3 is 6.18 Å². The number of benzene rings is 1. The molecule has 28 heavy (non-hydrogen) atoms. The summed E-state index contributed by atoms with van der Waals surface area (Å²) in [7, 11) is 5.08. The van der Waals surface area contributed by atoms with E-state index in [-0.39, 0.29) is 24.5 Å². The minimum atomic E-state index is -4.78. The first-order valence-electron chi connectivity index (χ1n) is 8.66. The van der Waals surface area contributed by atoms with Crippen molar-refractivity contribution >= 4 is 0 Å². The highest BCUT2D eigenvalue weighted by Crippen LogP contribution is 2.40. The van der Waals surface area contributed by atoms with Gasteiger partial charge in [-0.2, -0.15) is 18.3 Å². The van der Waals surface area contributed by atoms with Crippen LogP contribution in [0.25, 0.3) is 11.3 Å². The number of likely N-dealkylation sites (N-methyl/N-ethyl adjacent to an activating group) is 2. The van der Waals surface area contributed by atoms with Gasteiger partial charge in [0.05, 0.1) is 12.3 Å². The summed E-state index contributed by atoms with van der Waals surface area (Å²) in [4.78, 5) is 1.98. The van der Waals surface area contributed by atoms with Crippen LogP contribution in [0.3, 0.4) is 0 Å². The number of methoxy groups -OCH3 is 1. The average molecular weight is 404 g/mol. The van der Waals surface area contributed by atoms with E-state index >= 15 is 0 Å². The molecular weight excluding hydrogens is 380 g/mol. The maximum atomic E-state index is 14.5. The lowest BCUT2D eigenvalue weighted by Gasteiger charge is -2.18. The molecule has 1 aromatic heterocycles. The van der Waals surface area contributed by atoms with Crippen molar-refractivity contribution in [3.63, 3.8) is 0 Å². The Bertz CT molecular complexity index is 765. The molecule has 0 fully saturated rings. The number of H-pyrrole nitrogens is 1. The maximum absolute atomic E-state index is 14.5. The molecule has 156 valence electrons. The Morgan fingerprint density at radius 1 is 1.25 bits per heavy atom. The van der Waals surface area contributed by atoms with Crippen molar-refractivity contribution in [1.82, 2.24) is 20.4 Å². The van der Waals surface area contributed by atoms with E-state index in [2.05, 4.69) is 15.5 Å². The van der Waals surface area contributed by atoms with Gasteiger partial charge in [0.25, 0.3) is 0 Å². The Labute approximate surface area is 160 Å². The molecule has 0 bridgehead atoms. The minimum absolute atomic E-state index is 0.0298. The zero-order valence-corrected chi connectivity index (χ0v) is 16.0. The number of ether oxygens (including phenoxy) is 2. The molecule has 1 heterocycles. The lowest BCUT2D eigenvalue weighted by molar-refractivity contribution is -0.139. The summed E-state index contributed by atoms with van der Waals surface area (Å²) in [5.41, 5.74) is -0.221. The summed E-state index contributed by atoms with van der Waals surface area (Å²) in [6.07, 6.45) is -3.18. The van der Waals surface area contributed by atoms with Crippen molar-refractivity contribution in [3.05, 3.63) is 35.3 Å². The molecule has 0 aliphatic rings. The summed E-state index contributed by atoms with van der Waals surface area (Å²) in [6, 6.07) is 1.86. The van der Waals surface area contributed by atoms with Crippen molar-refractivity contribution < 1.29 is 27.0 Å². The monoisotopic (exact) mass is 404 g/mol. The Hall–Kier alpha value is -2.17. The maximum Gasteiger partial charge on any atom is 0.420 e. The quantitative estimate of drug-likeness (QED) is 0.471. The molecule has 0 atom stereocenters. The number of rotatable bonds is 10. The number of hydrogen-bond donors (Lipinski definition) is 2. The fourth-order valence-electron chi connectivity index (χ4n) is 2.67. The summed E-state index contributed by atoms with van der Waals surface area (Å²) in [5, 5.41) is 9.70. The van der Waals surface area contributed by atoms with Crippen molar-refractivity contribution in [2.24, 2.45) is 0 Å². The average Bonchev–Trinajstić information content (AvgIpc) is 3.08. The van der Waals surface area contributed by atoms with E-state index in [1.807, 2.05) is 19.0 Å².